The van der Waals surface area contributed by atoms with Crippen molar-refractivity contribution in [2.45, 2.75) is 129 Å². The smallest absolute Gasteiger partial charge is 0.305 e. The largest absolute Gasteiger partial charge is 0.469 e. The molecule has 6 nitrogen and oxygen atoms in total. The number of methoxy groups -OCH3 is 1. The molecule has 8 atom stereocenters. The molecule has 0 bridgehead atoms. The van der Waals surface area contributed by atoms with Crippen LogP contribution in [-0.4, -0.2) is 51.1 Å². The summed E-state index contributed by atoms with van der Waals surface area (Å²) in [5, 5.41) is 0. The van der Waals surface area contributed by atoms with E-state index in [-0.39, 0.29) is 30.8 Å². The van der Waals surface area contributed by atoms with Crippen LogP contribution in [0.2, 0.25) is 0 Å². The van der Waals surface area contributed by atoms with Crippen molar-refractivity contribution in [2.75, 3.05) is 20.3 Å². The second-order valence-corrected chi connectivity index (χ2v) is 13.1. The molecule has 2 unspecified atom stereocenters. The number of allylic oxidation sites excluding steroid dienone is 6. The highest BCUT2D eigenvalue weighted by Crippen LogP contribution is 2.49. The molecule has 0 N–H and O–H groups in total. The monoisotopic (exact) mass is 584 g/mol. The second-order valence-electron chi connectivity index (χ2n) is 13.1. The molecule has 0 radical (unpaired) electrons. The Labute approximate surface area is 254 Å². The van der Waals surface area contributed by atoms with Crippen molar-refractivity contribution in [2.24, 2.45) is 23.7 Å². The summed E-state index contributed by atoms with van der Waals surface area (Å²) in [6.07, 6.45) is 26.9. The lowest BCUT2D eigenvalue weighted by molar-refractivity contribution is -0.193. The Morgan fingerprint density at radius 3 is 2.52 bits per heavy atom. The van der Waals surface area contributed by atoms with E-state index in [9.17, 15) is 4.79 Å². The fraction of sp³-hybridized carbons (Fsp3) is 0.750. The van der Waals surface area contributed by atoms with E-state index in [1.807, 2.05) is 0 Å². The van der Waals surface area contributed by atoms with Gasteiger partial charge in [-0.2, -0.15) is 0 Å². The summed E-state index contributed by atoms with van der Waals surface area (Å²) in [7, 11) is 1.44. The molecule has 2 heterocycles. The van der Waals surface area contributed by atoms with E-state index in [1.54, 1.807) is 0 Å². The van der Waals surface area contributed by atoms with Crippen molar-refractivity contribution >= 4 is 5.97 Å². The minimum Gasteiger partial charge on any atom is -0.469 e. The molecule has 2 aliphatic heterocycles. The lowest BCUT2D eigenvalue weighted by Gasteiger charge is -2.30. The first-order valence-corrected chi connectivity index (χ1v) is 16.7. The van der Waals surface area contributed by atoms with Gasteiger partial charge in [-0.3, -0.25) is 4.79 Å². The summed E-state index contributed by atoms with van der Waals surface area (Å²) < 4.78 is 30.1. The number of ether oxygens (including phenoxy) is 5. The van der Waals surface area contributed by atoms with Crippen LogP contribution in [0.25, 0.3) is 0 Å². The molecule has 0 aromatic rings. The third-order valence-corrected chi connectivity index (χ3v) is 9.28. The molecule has 236 valence electrons. The standard InChI is InChI=1S/C36H56O6/c1-26(2)12-11-13-27(3)22-30(41-35-16-7-9-20-39-35)18-19-31-32-24-28(14-5-6-15-34(37)38-4)23-29(32)25-33(31)42-36-17-8-10-21-40-36/h5,12,14,18-19,23,27,29-33,35-36H,6-11,13,15-17,20-22,24-25H2,1-4H3/t27-,29+,30-,31+,32-,33-,35?,36?/m1/s1. The van der Waals surface area contributed by atoms with Gasteiger partial charge in [0, 0.05) is 25.6 Å². The number of carbonyl (C=O) groups is 1. The summed E-state index contributed by atoms with van der Waals surface area (Å²) in [6.45, 7) is 8.29. The van der Waals surface area contributed by atoms with Gasteiger partial charge in [0.1, 0.15) is 0 Å². The van der Waals surface area contributed by atoms with Gasteiger partial charge in [-0.15, -0.1) is 0 Å². The van der Waals surface area contributed by atoms with Crippen LogP contribution in [0.3, 0.4) is 0 Å². The first-order valence-electron chi connectivity index (χ1n) is 16.7. The van der Waals surface area contributed by atoms with Crippen LogP contribution in [0.4, 0.5) is 0 Å². The van der Waals surface area contributed by atoms with Crippen LogP contribution in [0, 0.1) is 23.7 Å². The van der Waals surface area contributed by atoms with Gasteiger partial charge >= 0.3 is 5.97 Å². The number of hydrogen-bond donors (Lipinski definition) is 0. The zero-order chi connectivity index (χ0) is 29.7. The van der Waals surface area contributed by atoms with Crippen molar-refractivity contribution < 1.29 is 28.5 Å². The number of hydrogen-bond acceptors (Lipinski definition) is 6. The Hall–Kier alpha value is -1.73. The first-order chi connectivity index (χ1) is 20.4. The third kappa shape index (κ3) is 10.8. The van der Waals surface area contributed by atoms with Crippen molar-refractivity contribution in [3.8, 4) is 0 Å². The van der Waals surface area contributed by atoms with Crippen LogP contribution in [-0.2, 0) is 28.5 Å². The van der Waals surface area contributed by atoms with E-state index in [2.05, 4.69) is 57.2 Å². The van der Waals surface area contributed by atoms with Gasteiger partial charge in [-0.05, 0) is 109 Å². The Balaban J connectivity index is 1.44. The summed E-state index contributed by atoms with van der Waals surface area (Å²) >= 11 is 0. The maximum Gasteiger partial charge on any atom is 0.305 e. The second kappa shape index (κ2) is 17.5. The Kier molecular flexibility index (Phi) is 13.8. The van der Waals surface area contributed by atoms with Gasteiger partial charge in [0.15, 0.2) is 12.6 Å². The normalized spacial score (nSPS) is 31.2. The number of carbonyl (C=O) groups excluding carboxylic acids is 1. The molecule has 1 saturated carbocycles. The minimum absolute atomic E-state index is 0.0347. The van der Waals surface area contributed by atoms with Gasteiger partial charge in [-0.1, -0.05) is 54.5 Å². The molecule has 4 aliphatic rings. The fourth-order valence-electron chi connectivity index (χ4n) is 6.96. The summed E-state index contributed by atoms with van der Waals surface area (Å²) in [6, 6.07) is 0. The van der Waals surface area contributed by atoms with E-state index in [4.69, 9.17) is 23.7 Å². The molecule has 2 aliphatic carbocycles. The predicted molar refractivity (Wildman–Crippen MR) is 167 cm³/mol. The van der Waals surface area contributed by atoms with Crippen LogP contribution in [0.15, 0.2) is 47.6 Å². The number of fused-ring (bicyclic) bond motifs is 1. The molecule has 3 fully saturated rings. The van der Waals surface area contributed by atoms with Crippen molar-refractivity contribution in [3.63, 3.8) is 0 Å². The zero-order valence-electron chi connectivity index (χ0n) is 26.6. The molecule has 6 heteroatoms. The van der Waals surface area contributed by atoms with Crippen LogP contribution in [0.1, 0.15) is 104 Å². The SMILES string of the molecule is COC(=O)CCC=CC1=C[C@H]2C[C@@H](OC3CCCCO3)[C@@H](C=C[C@H](C[C@H](C)CCC=C(C)C)OC3CCCCO3)[C@@H]2C1. The minimum atomic E-state index is -0.159. The quantitative estimate of drug-likeness (QED) is 0.143. The lowest BCUT2D eigenvalue weighted by Crippen LogP contribution is -2.31. The highest BCUT2D eigenvalue weighted by atomic mass is 16.7. The Morgan fingerprint density at radius 1 is 1.07 bits per heavy atom. The van der Waals surface area contributed by atoms with Crippen molar-refractivity contribution in [1.82, 2.24) is 0 Å². The average molecular weight is 585 g/mol. The molecular formula is C36H56O6. The lowest BCUT2D eigenvalue weighted by atomic mass is 9.88. The van der Waals surface area contributed by atoms with Crippen molar-refractivity contribution in [3.05, 3.63) is 47.6 Å². The van der Waals surface area contributed by atoms with Gasteiger partial charge in [0.05, 0.1) is 19.3 Å². The fourth-order valence-corrected chi connectivity index (χ4v) is 6.96. The van der Waals surface area contributed by atoms with Crippen LogP contribution < -0.4 is 0 Å². The molecule has 0 spiro atoms. The van der Waals surface area contributed by atoms with Crippen LogP contribution >= 0.6 is 0 Å². The Bertz CT molecular complexity index is 935. The highest BCUT2D eigenvalue weighted by Gasteiger charge is 2.45. The summed E-state index contributed by atoms with van der Waals surface area (Å²) in [4.78, 5) is 11.5. The molecule has 0 aromatic heterocycles. The number of esters is 1. The van der Waals surface area contributed by atoms with Crippen LogP contribution in [0.5, 0.6) is 0 Å². The maximum absolute atomic E-state index is 11.5. The van der Waals surface area contributed by atoms with Gasteiger partial charge < -0.3 is 23.7 Å². The van der Waals surface area contributed by atoms with E-state index < -0.39 is 0 Å². The maximum atomic E-state index is 11.5. The average Bonchev–Trinajstić information content (AvgIpc) is 3.51. The van der Waals surface area contributed by atoms with E-state index in [1.165, 1.54) is 37.5 Å². The van der Waals surface area contributed by atoms with E-state index >= 15 is 0 Å². The molecular weight excluding hydrogens is 528 g/mol. The summed E-state index contributed by atoms with van der Waals surface area (Å²) in [5.74, 6) is 1.73. The Morgan fingerprint density at radius 2 is 1.83 bits per heavy atom. The molecule has 0 aromatic carbocycles. The van der Waals surface area contributed by atoms with Gasteiger partial charge in [-0.25, -0.2) is 0 Å². The summed E-state index contributed by atoms with van der Waals surface area (Å²) in [5.41, 5.74) is 2.76. The van der Waals surface area contributed by atoms with Crippen molar-refractivity contribution in [1.29, 1.82) is 0 Å². The predicted octanol–water partition coefficient (Wildman–Crippen LogP) is 8.23. The van der Waals surface area contributed by atoms with Gasteiger partial charge in [0.2, 0.25) is 0 Å². The molecule has 4 rings (SSSR count). The highest BCUT2D eigenvalue weighted by molar-refractivity contribution is 5.69. The molecule has 2 saturated heterocycles. The first kappa shape index (κ1) is 33.2. The number of rotatable bonds is 15. The topological polar surface area (TPSA) is 63.2 Å². The molecule has 0 amide bonds. The molecule has 42 heavy (non-hydrogen) atoms. The van der Waals surface area contributed by atoms with E-state index in [0.717, 1.165) is 64.6 Å². The third-order valence-electron chi connectivity index (χ3n) is 9.28. The van der Waals surface area contributed by atoms with E-state index in [0.29, 0.717) is 36.5 Å². The van der Waals surface area contributed by atoms with Gasteiger partial charge in [0.25, 0.3) is 0 Å². The zero-order valence-corrected chi connectivity index (χ0v) is 26.6.